The third-order valence-electron chi connectivity index (χ3n) is 3.65. The fourth-order valence-electron chi connectivity index (χ4n) is 2.53. The van der Waals surface area contributed by atoms with Crippen molar-refractivity contribution in [1.29, 1.82) is 0 Å². The van der Waals surface area contributed by atoms with Crippen molar-refractivity contribution in [3.8, 4) is 0 Å². The van der Waals surface area contributed by atoms with E-state index < -0.39 is 11.0 Å². The third kappa shape index (κ3) is 4.26. The molecule has 1 atom stereocenters. The van der Waals surface area contributed by atoms with E-state index in [0.717, 1.165) is 24.3 Å². The topological polar surface area (TPSA) is 105 Å². The molecule has 0 radical (unpaired) electrons. The van der Waals surface area contributed by atoms with Crippen molar-refractivity contribution in [3.05, 3.63) is 27.1 Å². The van der Waals surface area contributed by atoms with Gasteiger partial charge in [0.25, 0.3) is 5.91 Å². The Bertz CT molecular complexity index is 589. The molecular weight excluding hydrogens is 320 g/mol. The van der Waals surface area contributed by atoms with Crippen molar-refractivity contribution < 1.29 is 14.5 Å². The van der Waals surface area contributed by atoms with Gasteiger partial charge in [-0.25, -0.2) is 0 Å². The number of likely N-dealkylation sites (tertiary alicyclic amines) is 1. The maximum atomic E-state index is 12.5. The van der Waals surface area contributed by atoms with Gasteiger partial charge in [-0.1, -0.05) is 18.3 Å². The highest BCUT2D eigenvalue weighted by Crippen LogP contribution is 2.28. The maximum Gasteiger partial charge on any atom is 0.324 e. The number of likely N-dealkylation sites (N-methyl/N-ethyl adjacent to an activating group) is 1. The van der Waals surface area contributed by atoms with Crippen LogP contribution in [0.5, 0.6) is 0 Å². The SMILES string of the molecule is CCNCCNC(=O)C1CCCN1C(=O)c1ccc([N+](=O)[O-])s1. The van der Waals surface area contributed by atoms with Gasteiger partial charge in [-0.3, -0.25) is 19.7 Å². The Morgan fingerprint density at radius 1 is 1.43 bits per heavy atom. The van der Waals surface area contributed by atoms with Gasteiger partial charge in [0, 0.05) is 25.7 Å². The Labute approximate surface area is 138 Å². The molecular formula is C14H20N4O4S. The second-order valence-electron chi connectivity index (χ2n) is 5.20. The molecule has 1 aromatic heterocycles. The summed E-state index contributed by atoms with van der Waals surface area (Å²) in [7, 11) is 0. The second-order valence-corrected chi connectivity index (χ2v) is 6.26. The summed E-state index contributed by atoms with van der Waals surface area (Å²) in [6.07, 6.45) is 1.37. The van der Waals surface area contributed by atoms with E-state index in [1.165, 1.54) is 17.0 Å². The number of hydrogen-bond acceptors (Lipinski definition) is 6. The lowest BCUT2D eigenvalue weighted by Crippen LogP contribution is -2.47. The molecule has 8 nitrogen and oxygen atoms in total. The summed E-state index contributed by atoms with van der Waals surface area (Å²) >= 11 is 0.842. The molecule has 126 valence electrons. The van der Waals surface area contributed by atoms with Crippen LogP contribution in [-0.2, 0) is 4.79 Å². The van der Waals surface area contributed by atoms with Crippen LogP contribution in [-0.4, -0.2) is 53.9 Å². The number of thiophene rings is 1. The Balaban J connectivity index is 1.98. The van der Waals surface area contributed by atoms with Crippen LogP contribution in [0.2, 0.25) is 0 Å². The summed E-state index contributed by atoms with van der Waals surface area (Å²) in [5, 5.41) is 16.6. The predicted octanol–water partition coefficient (Wildman–Crippen LogP) is 0.987. The molecule has 1 aromatic rings. The summed E-state index contributed by atoms with van der Waals surface area (Å²) in [5.41, 5.74) is 0. The molecule has 2 rings (SSSR count). The summed E-state index contributed by atoms with van der Waals surface area (Å²) in [4.78, 5) is 36.7. The Hall–Kier alpha value is -2.00. The van der Waals surface area contributed by atoms with Crippen molar-refractivity contribution in [1.82, 2.24) is 15.5 Å². The molecule has 1 aliphatic rings. The summed E-state index contributed by atoms with van der Waals surface area (Å²) < 4.78 is 0. The van der Waals surface area contributed by atoms with E-state index in [1.54, 1.807) is 0 Å². The van der Waals surface area contributed by atoms with E-state index in [0.29, 0.717) is 30.9 Å². The van der Waals surface area contributed by atoms with E-state index >= 15 is 0 Å². The molecule has 0 aromatic carbocycles. The van der Waals surface area contributed by atoms with Crippen LogP contribution in [0, 0.1) is 10.1 Å². The number of nitrogens with one attached hydrogen (secondary N) is 2. The average Bonchev–Trinajstić information content (AvgIpc) is 3.19. The predicted molar refractivity (Wildman–Crippen MR) is 86.6 cm³/mol. The van der Waals surface area contributed by atoms with E-state index in [4.69, 9.17) is 0 Å². The van der Waals surface area contributed by atoms with Crippen LogP contribution in [0.3, 0.4) is 0 Å². The number of carbonyl (C=O) groups is 2. The van der Waals surface area contributed by atoms with E-state index in [2.05, 4.69) is 10.6 Å². The molecule has 9 heteroatoms. The van der Waals surface area contributed by atoms with Crippen molar-refractivity contribution in [2.75, 3.05) is 26.2 Å². The van der Waals surface area contributed by atoms with Gasteiger partial charge < -0.3 is 15.5 Å². The van der Waals surface area contributed by atoms with E-state index in [1.807, 2.05) is 6.92 Å². The van der Waals surface area contributed by atoms with Gasteiger partial charge in [0.05, 0.1) is 9.80 Å². The maximum absolute atomic E-state index is 12.5. The van der Waals surface area contributed by atoms with Crippen LogP contribution in [0.1, 0.15) is 29.4 Å². The van der Waals surface area contributed by atoms with Crippen LogP contribution < -0.4 is 10.6 Å². The van der Waals surface area contributed by atoms with Gasteiger partial charge in [0.2, 0.25) is 5.91 Å². The highest BCUT2D eigenvalue weighted by Gasteiger charge is 2.35. The lowest BCUT2D eigenvalue weighted by atomic mass is 10.2. The third-order valence-corrected chi connectivity index (χ3v) is 4.67. The summed E-state index contributed by atoms with van der Waals surface area (Å²) in [5.74, 6) is -0.479. The molecule has 1 fully saturated rings. The number of amides is 2. The van der Waals surface area contributed by atoms with Crippen LogP contribution in [0.25, 0.3) is 0 Å². The standard InChI is InChI=1S/C14H20N4O4S/c1-2-15-7-8-16-13(19)10-4-3-9-17(10)14(20)11-5-6-12(23-11)18(21)22/h5-6,10,15H,2-4,7-9H2,1H3,(H,16,19). The molecule has 1 saturated heterocycles. The number of rotatable bonds is 7. The van der Waals surface area contributed by atoms with Gasteiger partial charge in [-0.05, 0) is 25.5 Å². The highest BCUT2D eigenvalue weighted by molar-refractivity contribution is 7.17. The lowest BCUT2D eigenvalue weighted by molar-refractivity contribution is -0.380. The zero-order valence-corrected chi connectivity index (χ0v) is 13.7. The molecule has 2 heterocycles. The first kappa shape index (κ1) is 17.4. The van der Waals surface area contributed by atoms with Crippen LogP contribution >= 0.6 is 11.3 Å². The Morgan fingerprint density at radius 2 is 2.22 bits per heavy atom. The lowest BCUT2D eigenvalue weighted by Gasteiger charge is -2.23. The van der Waals surface area contributed by atoms with Crippen molar-refractivity contribution >= 4 is 28.2 Å². The fourth-order valence-corrected chi connectivity index (χ4v) is 3.31. The van der Waals surface area contributed by atoms with Crippen LogP contribution in [0.15, 0.2) is 12.1 Å². The first-order valence-electron chi connectivity index (χ1n) is 7.58. The first-order chi connectivity index (χ1) is 11.0. The number of carbonyl (C=O) groups excluding carboxylic acids is 2. The van der Waals surface area contributed by atoms with Crippen LogP contribution in [0.4, 0.5) is 5.00 Å². The molecule has 0 saturated carbocycles. The number of nitro groups is 1. The minimum atomic E-state index is -0.518. The monoisotopic (exact) mass is 340 g/mol. The highest BCUT2D eigenvalue weighted by atomic mass is 32.1. The normalized spacial score (nSPS) is 17.3. The Morgan fingerprint density at radius 3 is 2.87 bits per heavy atom. The second kappa shape index (κ2) is 8.02. The fraction of sp³-hybridized carbons (Fsp3) is 0.571. The molecule has 2 amide bonds. The van der Waals surface area contributed by atoms with E-state index in [9.17, 15) is 19.7 Å². The number of hydrogen-bond donors (Lipinski definition) is 2. The van der Waals surface area contributed by atoms with Gasteiger partial charge in [0.15, 0.2) is 0 Å². The minimum absolute atomic E-state index is 0.0702. The van der Waals surface area contributed by atoms with E-state index in [-0.39, 0.29) is 16.8 Å². The van der Waals surface area contributed by atoms with Gasteiger partial charge in [-0.15, -0.1) is 0 Å². The zero-order valence-electron chi connectivity index (χ0n) is 12.9. The molecule has 23 heavy (non-hydrogen) atoms. The van der Waals surface area contributed by atoms with Gasteiger partial charge in [-0.2, -0.15) is 0 Å². The molecule has 0 spiro atoms. The quantitative estimate of drug-likeness (QED) is 0.437. The van der Waals surface area contributed by atoms with Gasteiger partial charge in [0.1, 0.15) is 6.04 Å². The summed E-state index contributed by atoms with van der Waals surface area (Å²) in [6, 6.07) is 2.27. The molecule has 0 aliphatic carbocycles. The molecule has 0 bridgehead atoms. The number of nitrogens with zero attached hydrogens (tertiary/aromatic N) is 2. The minimum Gasteiger partial charge on any atom is -0.353 e. The Kier molecular flexibility index (Phi) is 6.05. The molecule has 1 aliphatic heterocycles. The van der Waals surface area contributed by atoms with Crippen molar-refractivity contribution in [3.63, 3.8) is 0 Å². The smallest absolute Gasteiger partial charge is 0.324 e. The zero-order chi connectivity index (χ0) is 16.8. The largest absolute Gasteiger partial charge is 0.353 e. The summed E-state index contributed by atoms with van der Waals surface area (Å²) in [6.45, 7) is 4.51. The molecule has 1 unspecified atom stereocenters. The molecule has 2 N–H and O–H groups in total. The average molecular weight is 340 g/mol. The first-order valence-corrected chi connectivity index (χ1v) is 8.40. The van der Waals surface area contributed by atoms with Crippen molar-refractivity contribution in [2.45, 2.75) is 25.8 Å². The van der Waals surface area contributed by atoms with Crippen molar-refractivity contribution in [2.24, 2.45) is 0 Å². The van der Waals surface area contributed by atoms with Gasteiger partial charge >= 0.3 is 5.00 Å².